The summed E-state index contributed by atoms with van der Waals surface area (Å²) in [7, 11) is 0. The highest BCUT2D eigenvalue weighted by Crippen LogP contribution is 2.16. The standard InChI is InChI=1S/C47H90O6/c1-5-7-9-11-13-15-16-17-18-23-26-30-34-38-45(48)51-41-44(53-47(50)40-36-32-28-21-14-12-10-8-6-2)42-52-46(49)39-35-31-27-24-20-19-22-25-29-33-37-43(3)4/h43-44H,5-42H2,1-4H3/t44-/m1/s1. The van der Waals surface area contributed by atoms with Gasteiger partial charge in [-0.15, -0.1) is 0 Å². The largest absolute Gasteiger partial charge is 0.462 e. The first-order chi connectivity index (χ1) is 25.9. The van der Waals surface area contributed by atoms with Crippen LogP contribution in [0.5, 0.6) is 0 Å². The zero-order valence-electron chi connectivity index (χ0n) is 36.0. The smallest absolute Gasteiger partial charge is 0.306 e. The van der Waals surface area contributed by atoms with E-state index in [1.807, 2.05) is 0 Å². The molecule has 0 unspecified atom stereocenters. The molecule has 6 nitrogen and oxygen atoms in total. The van der Waals surface area contributed by atoms with Crippen molar-refractivity contribution >= 4 is 17.9 Å². The summed E-state index contributed by atoms with van der Waals surface area (Å²) in [5, 5.41) is 0. The van der Waals surface area contributed by atoms with Gasteiger partial charge in [-0.2, -0.15) is 0 Å². The number of esters is 3. The second-order valence-corrected chi connectivity index (χ2v) is 16.5. The van der Waals surface area contributed by atoms with Crippen LogP contribution in [-0.2, 0) is 28.6 Å². The number of ether oxygens (including phenoxy) is 3. The summed E-state index contributed by atoms with van der Waals surface area (Å²) in [6.07, 6.45) is 40.8. The zero-order valence-corrected chi connectivity index (χ0v) is 36.0. The summed E-state index contributed by atoms with van der Waals surface area (Å²) in [4.78, 5) is 37.7. The molecule has 0 N–H and O–H groups in total. The van der Waals surface area contributed by atoms with Gasteiger partial charge >= 0.3 is 17.9 Å². The first-order valence-electron chi connectivity index (χ1n) is 23.4. The molecule has 0 radical (unpaired) electrons. The Morgan fingerprint density at radius 1 is 0.358 bits per heavy atom. The van der Waals surface area contributed by atoms with E-state index in [9.17, 15) is 14.4 Å². The Bertz CT molecular complexity index is 796. The molecule has 0 spiro atoms. The fourth-order valence-electron chi connectivity index (χ4n) is 6.98. The van der Waals surface area contributed by atoms with Crippen molar-refractivity contribution in [1.82, 2.24) is 0 Å². The highest BCUT2D eigenvalue weighted by molar-refractivity contribution is 5.71. The lowest BCUT2D eigenvalue weighted by atomic mass is 10.0. The molecular weight excluding hydrogens is 661 g/mol. The molecule has 0 aliphatic heterocycles. The molecule has 0 aliphatic rings. The number of rotatable bonds is 42. The Labute approximate surface area is 329 Å². The number of hydrogen-bond donors (Lipinski definition) is 0. The van der Waals surface area contributed by atoms with Gasteiger partial charge in [0.25, 0.3) is 0 Å². The molecule has 0 amide bonds. The third-order valence-electron chi connectivity index (χ3n) is 10.5. The van der Waals surface area contributed by atoms with E-state index in [0.29, 0.717) is 19.3 Å². The fourth-order valence-corrected chi connectivity index (χ4v) is 6.98. The van der Waals surface area contributed by atoms with Crippen molar-refractivity contribution in [3.8, 4) is 0 Å². The number of hydrogen-bond acceptors (Lipinski definition) is 6. The number of carbonyl (C=O) groups is 3. The van der Waals surface area contributed by atoms with E-state index in [1.165, 1.54) is 154 Å². The van der Waals surface area contributed by atoms with E-state index < -0.39 is 6.10 Å². The van der Waals surface area contributed by atoms with Crippen molar-refractivity contribution in [1.29, 1.82) is 0 Å². The van der Waals surface area contributed by atoms with Crippen molar-refractivity contribution in [2.75, 3.05) is 13.2 Å². The molecule has 53 heavy (non-hydrogen) atoms. The molecule has 0 aliphatic carbocycles. The maximum atomic E-state index is 12.7. The van der Waals surface area contributed by atoms with Crippen LogP contribution < -0.4 is 0 Å². The normalized spacial score (nSPS) is 11.9. The van der Waals surface area contributed by atoms with Gasteiger partial charge < -0.3 is 14.2 Å². The minimum absolute atomic E-state index is 0.0637. The van der Waals surface area contributed by atoms with Gasteiger partial charge in [0.05, 0.1) is 0 Å². The lowest BCUT2D eigenvalue weighted by Gasteiger charge is -2.18. The second-order valence-electron chi connectivity index (χ2n) is 16.5. The van der Waals surface area contributed by atoms with Crippen LogP contribution in [0.25, 0.3) is 0 Å². The van der Waals surface area contributed by atoms with Crippen molar-refractivity contribution in [2.45, 2.75) is 265 Å². The Morgan fingerprint density at radius 3 is 0.925 bits per heavy atom. The summed E-state index contributed by atoms with van der Waals surface area (Å²) < 4.78 is 16.7. The van der Waals surface area contributed by atoms with Gasteiger partial charge in [0, 0.05) is 19.3 Å². The lowest BCUT2D eigenvalue weighted by Crippen LogP contribution is -2.30. The van der Waals surface area contributed by atoms with Crippen molar-refractivity contribution in [3.05, 3.63) is 0 Å². The molecule has 0 aromatic carbocycles. The summed E-state index contributed by atoms with van der Waals surface area (Å²) in [6.45, 7) is 8.97. The van der Waals surface area contributed by atoms with Gasteiger partial charge in [-0.3, -0.25) is 14.4 Å². The Kier molecular flexibility index (Phi) is 40.3. The van der Waals surface area contributed by atoms with E-state index in [-0.39, 0.29) is 31.1 Å². The Hall–Kier alpha value is -1.59. The molecule has 0 rings (SSSR count). The summed E-state index contributed by atoms with van der Waals surface area (Å²) in [6, 6.07) is 0. The highest BCUT2D eigenvalue weighted by Gasteiger charge is 2.19. The summed E-state index contributed by atoms with van der Waals surface area (Å²) in [5.41, 5.74) is 0. The second kappa shape index (κ2) is 41.6. The van der Waals surface area contributed by atoms with Gasteiger partial charge in [0.15, 0.2) is 6.10 Å². The molecule has 0 fully saturated rings. The van der Waals surface area contributed by atoms with Gasteiger partial charge in [-0.25, -0.2) is 0 Å². The average molecular weight is 751 g/mol. The van der Waals surface area contributed by atoms with Crippen molar-refractivity contribution < 1.29 is 28.6 Å². The third kappa shape index (κ3) is 41.4. The minimum Gasteiger partial charge on any atom is -0.462 e. The molecule has 314 valence electrons. The average Bonchev–Trinajstić information content (AvgIpc) is 3.14. The van der Waals surface area contributed by atoms with Crippen LogP contribution in [-0.4, -0.2) is 37.2 Å². The highest BCUT2D eigenvalue weighted by atomic mass is 16.6. The topological polar surface area (TPSA) is 78.9 Å². The maximum Gasteiger partial charge on any atom is 0.306 e. The van der Waals surface area contributed by atoms with Crippen molar-refractivity contribution in [3.63, 3.8) is 0 Å². The molecule has 0 aromatic heterocycles. The lowest BCUT2D eigenvalue weighted by molar-refractivity contribution is -0.167. The van der Waals surface area contributed by atoms with E-state index in [0.717, 1.165) is 63.7 Å². The first kappa shape index (κ1) is 51.4. The van der Waals surface area contributed by atoms with Gasteiger partial charge in [-0.1, -0.05) is 220 Å². The maximum absolute atomic E-state index is 12.7. The third-order valence-corrected chi connectivity index (χ3v) is 10.5. The molecule has 0 saturated carbocycles. The van der Waals surface area contributed by atoms with Gasteiger partial charge in [0.2, 0.25) is 0 Å². The van der Waals surface area contributed by atoms with Gasteiger partial charge in [0.1, 0.15) is 13.2 Å². The predicted octanol–water partition coefficient (Wildman–Crippen LogP) is 14.7. The zero-order chi connectivity index (χ0) is 38.9. The molecule has 0 heterocycles. The monoisotopic (exact) mass is 751 g/mol. The molecule has 0 aromatic rings. The van der Waals surface area contributed by atoms with Crippen LogP contribution in [0.1, 0.15) is 259 Å². The van der Waals surface area contributed by atoms with Crippen LogP contribution in [0.4, 0.5) is 0 Å². The SMILES string of the molecule is CCCCCCCCCCCCCCCC(=O)OC[C@H](COC(=O)CCCCCCCCCCCCC(C)C)OC(=O)CCCCCCCCCCC. The fraction of sp³-hybridized carbons (Fsp3) is 0.936. The van der Waals surface area contributed by atoms with Crippen LogP contribution in [0.3, 0.4) is 0 Å². The predicted molar refractivity (Wildman–Crippen MR) is 224 cm³/mol. The van der Waals surface area contributed by atoms with E-state index >= 15 is 0 Å². The van der Waals surface area contributed by atoms with Crippen LogP contribution in [0.15, 0.2) is 0 Å². The number of unbranched alkanes of at least 4 members (excludes halogenated alkanes) is 29. The quantitative estimate of drug-likeness (QED) is 0.0351. The molecule has 6 heteroatoms. The molecular formula is C47H90O6. The van der Waals surface area contributed by atoms with Crippen molar-refractivity contribution in [2.24, 2.45) is 5.92 Å². The van der Waals surface area contributed by atoms with E-state index in [1.54, 1.807) is 0 Å². The Morgan fingerprint density at radius 2 is 0.623 bits per heavy atom. The Balaban J connectivity index is 4.29. The molecule has 0 saturated heterocycles. The van der Waals surface area contributed by atoms with Crippen LogP contribution in [0, 0.1) is 5.92 Å². The van der Waals surface area contributed by atoms with Gasteiger partial charge in [-0.05, 0) is 25.2 Å². The minimum atomic E-state index is -0.758. The van der Waals surface area contributed by atoms with E-state index in [2.05, 4.69) is 27.7 Å². The summed E-state index contributed by atoms with van der Waals surface area (Å²) in [5.74, 6) is -0.0361. The molecule has 1 atom stereocenters. The molecule has 0 bridgehead atoms. The van der Waals surface area contributed by atoms with E-state index in [4.69, 9.17) is 14.2 Å². The van der Waals surface area contributed by atoms with Crippen LogP contribution in [0.2, 0.25) is 0 Å². The first-order valence-corrected chi connectivity index (χ1v) is 23.4. The summed E-state index contributed by atoms with van der Waals surface area (Å²) >= 11 is 0. The number of carbonyl (C=O) groups excluding carboxylic acids is 3. The van der Waals surface area contributed by atoms with Crippen LogP contribution >= 0.6 is 0 Å².